The first-order chi connectivity index (χ1) is 16.1. The predicted octanol–water partition coefficient (Wildman–Crippen LogP) is 4.42. The van der Waals surface area contributed by atoms with Crippen LogP contribution in [0.3, 0.4) is 0 Å². The molecule has 1 aliphatic heterocycles. The van der Waals surface area contributed by atoms with Gasteiger partial charge >= 0.3 is 0 Å². The number of benzene rings is 3. The highest BCUT2D eigenvalue weighted by Gasteiger charge is 2.21. The first-order valence-corrected chi connectivity index (χ1v) is 11.7. The molecule has 1 atom stereocenters. The number of hydrogen-bond acceptors (Lipinski definition) is 4. The molecular weight excluding hydrogens is 408 g/mol. The fourth-order valence-electron chi connectivity index (χ4n) is 4.68. The summed E-state index contributed by atoms with van der Waals surface area (Å²) in [6, 6.07) is 24.7. The van der Waals surface area contributed by atoms with E-state index in [1.807, 2.05) is 48.5 Å². The number of likely N-dealkylation sites (N-methyl/N-ethyl adjacent to an activating group) is 1. The second-order valence-corrected chi connectivity index (χ2v) is 9.00. The third kappa shape index (κ3) is 4.47. The molecule has 0 bridgehead atoms. The van der Waals surface area contributed by atoms with Crippen LogP contribution in [0.1, 0.15) is 17.3 Å². The molecule has 0 saturated carbocycles. The molecule has 5 rings (SSSR count). The summed E-state index contributed by atoms with van der Waals surface area (Å²) in [5, 5.41) is 6.37. The molecule has 1 aromatic heterocycles. The van der Waals surface area contributed by atoms with Crippen LogP contribution in [0.5, 0.6) is 0 Å². The predicted molar refractivity (Wildman–Crippen MR) is 136 cm³/mol. The van der Waals surface area contributed by atoms with Crippen LogP contribution in [0.4, 0.5) is 0 Å². The number of carbonyl (C=O) groups excluding carboxylic acids is 1. The molecule has 1 aliphatic rings. The van der Waals surface area contributed by atoms with Crippen LogP contribution in [0.2, 0.25) is 0 Å². The number of rotatable bonds is 5. The van der Waals surface area contributed by atoms with Gasteiger partial charge in [-0.1, -0.05) is 60.7 Å². The highest BCUT2D eigenvalue weighted by atomic mass is 16.1. The molecule has 1 amide bonds. The van der Waals surface area contributed by atoms with Gasteiger partial charge in [-0.15, -0.1) is 0 Å². The SMILES string of the molecule is CC(CNC(=O)c1cc(-c2cccc3ccccc23)nc2ccccc12)N1CCN(C)CC1. The van der Waals surface area contributed by atoms with Crippen molar-refractivity contribution in [3.63, 3.8) is 0 Å². The molecule has 0 spiro atoms. The first-order valence-electron chi connectivity index (χ1n) is 11.7. The number of nitrogens with one attached hydrogen (secondary N) is 1. The van der Waals surface area contributed by atoms with Crippen molar-refractivity contribution in [3.8, 4) is 11.3 Å². The van der Waals surface area contributed by atoms with E-state index in [9.17, 15) is 4.79 Å². The summed E-state index contributed by atoms with van der Waals surface area (Å²) in [6.45, 7) is 7.04. The third-order valence-electron chi connectivity index (χ3n) is 6.75. The number of piperazine rings is 1. The zero-order valence-electron chi connectivity index (χ0n) is 19.3. The maximum absolute atomic E-state index is 13.4. The lowest BCUT2D eigenvalue weighted by atomic mass is 9.99. The number of pyridine rings is 1. The molecule has 0 radical (unpaired) electrons. The van der Waals surface area contributed by atoms with Gasteiger partial charge in [-0.3, -0.25) is 9.69 Å². The summed E-state index contributed by atoms with van der Waals surface area (Å²) in [7, 11) is 2.16. The Hall–Kier alpha value is -3.28. The number of para-hydroxylation sites is 1. The lowest BCUT2D eigenvalue weighted by molar-refractivity contribution is 0.0905. The minimum absolute atomic E-state index is 0.0453. The lowest BCUT2D eigenvalue weighted by Gasteiger charge is -2.36. The Kier molecular flexibility index (Phi) is 6.07. The van der Waals surface area contributed by atoms with E-state index in [1.54, 1.807) is 0 Å². The van der Waals surface area contributed by atoms with Crippen molar-refractivity contribution in [1.29, 1.82) is 0 Å². The normalized spacial score (nSPS) is 16.2. The van der Waals surface area contributed by atoms with Gasteiger partial charge < -0.3 is 10.2 Å². The molecule has 1 saturated heterocycles. The number of aromatic nitrogens is 1. The molecule has 5 nitrogen and oxygen atoms in total. The number of hydrogen-bond donors (Lipinski definition) is 1. The van der Waals surface area contributed by atoms with E-state index in [2.05, 4.69) is 53.4 Å². The summed E-state index contributed by atoms with van der Waals surface area (Å²) >= 11 is 0. The first kappa shape index (κ1) is 21.6. The van der Waals surface area contributed by atoms with E-state index in [0.29, 0.717) is 18.2 Å². The molecule has 0 aliphatic carbocycles. The Balaban J connectivity index is 1.46. The fourth-order valence-corrected chi connectivity index (χ4v) is 4.68. The van der Waals surface area contributed by atoms with Crippen LogP contribution in [0.25, 0.3) is 32.9 Å². The summed E-state index contributed by atoms with van der Waals surface area (Å²) in [4.78, 5) is 23.1. The van der Waals surface area contributed by atoms with Gasteiger partial charge in [0.15, 0.2) is 0 Å². The van der Waals surface area contributed by atoms with Gasteiger partial charge in [-0.2, -0.15) is 0 Å². The van der Waals surface area contributed by atoms with E-state index >= 15 is 0 Å². The monoisotopic (exact) mass is 438 g/mol. The summed E-state index contributed by atoms with van der Waals surface area (Å²) in [6.07, 6.45) is 0. The Morgan fingerprint density at radius 1 is 0.939 bits per heavy atom. The average Bonchev–Trinajstić information content (AvgIpc) is 2.86. The van der Waals surface area contributed by atoms with Crippen molar-refractivity contribution < 1.29 is 4.79 Å². The van der Waals surface area contributed by atoms with Gasteiger partial charge in [0.2, 0.25) is 0 Å². The lowest BCUT2D eigenvalue weighted by Crippen LogP contribution is -2.51. The quantitative estimate of drug-likeness (QED) is 0.501. The summed E-state index contributed by atoms with van der Waals surface area (Å²) in [5.41, 5.74) is 3.37. The fraction of sp³-hybridized carbons (Fsp3) is 0.286. The number of carbonyl (C=O) groups is 1. The molecule has 1 N–H and O–H groups in total. The summed E-state index contributed by atoms with van der Waals surface area (Å²) in [5.74, 6) is -0.0453. The van der Waals surface area contributed by atoms with E-state index in [0.717, 1.165) is 59.1 Å². The second kappa shape index (κ2) is 9.30. The largest absolute Gasteiger partial charge is 0.350 e. The number of amides is 1. The van der Waals surface area contributed by atoms with Crippen molar-refractivity contribution in [2.24, 2.45) is 0 Å². The highest BCUT2D eigenvalue weighted by molar-refractivity contribution is 6.08. The Bertz CT molecular complexity index is 1290. The highest BCUT2D eigenvalue weighted by Crippen LogP contribution is 2.30. The van der Waals surface area contributed by atoms with Crippen LogP contribution in [0, 0.1) is 0 Å². The van der Waals surface area contributed by atoms with Gasteiger partial charge in [-0.05, 0) is 36.9 Å². The van der Waals surface area contributed by atoms with Crippen LogP contribution in [0.15, 0.2) is 72.8 Å². The van der Waals surface area contributed by atoms with Crippen molar-refractivity contribution in [3.05, 3.63) is 78.4 Å². The third-order valence-corrected chi connectivity index (χ3v) is 6.75. The van der Waals surface area contributed by atoms with Gasteiger partial charge in [0, 0.05) is 49.7 Å². The van der Waals surface area contributed by atoms with Crippen LogP contribution < -0.4 is 5.32 Å². The molecule has 168 valence electrons. The van der Waals surface area contributed by atoms with Crippen molar-refractivity contribution >= 4 is 27.6 Å². The van der Waals surface area contributed by atoms with Gasteiger partial charge in [0.25, 0.3) is 5.91 Å². The molecule has 33 heavy (non-hydrogen) atoms. The minimum Gasteiger partial charge on any atom is -0.350 e. The van der Waals surface area contributed by atoms with E-state index in [1.165, 1.54) is 0 Å². The molecule has 4 aromatic rings. The second-order valence-electron chi connectivity index (χ2n) is 9.00. The van der Waals surface area contributed by atoms with Crippen LogP contribution in [-0.2, 0) is 0 Å². The van der Waals surface area contributed by atoms with Crippen molar-refractivity contribution in [1.82, 2.24) is 20.1 Å². The maximum atomic E-state index is 13.4. The average molecular weight is 439 g/mol. The Morgan fingerprint density at radius 3 is 2.45 bits per heavy atom. The van der Waals surface area contributed by atoms with E-state index < -0.39 is 0 Å². The topological polar surface area (TPSA) is 48.5 Å². The standard InChI is InChI=1S/C28H30N4O/c1-20(32-16-14-31(2)15-17-32)19-29-28(33)25-18-27(30-26-13-6-5-11-24(25)26)23-12-7-9-21-8-3-4-10-22(21)23/h3-13,18,20H,14-17,19H2,1-2H3,(H,29,33). The molecular formula is C28H30N4O. The Morgan fingerprint density at radius 2 is 1.64 bits per heavy atom. The van der Waals surface area contributed by atoms with Gasteiger partial charge in [-0.25, -0.2) is 4.98 Å². The number of nitrogens with zero attached hydrogens (tertiary/aromatic N) is 3. The molecule has 3 aromatic carbocycles. The molecule has 1 fully saturated rings. The smallest absolute Gasteiger partial charge is 0.252 e. The summed E-state index contributed by atoms with van der Waals surface area (Å²) < 4.78 is 0. The number of fused-ring (bicyclic) bond motifs is 2. The van der Waals surface area contributed by atoms with E-state index in [4.69, 9.17) is 4.98 Å². The minimum atomic E-state index is -0.0453. The maximum Gasteiger partial charge on any atom is 0.252 e. The molecule has 2 heterocycles. The zero-order chi connectivity index (χ0) is 22.8. The van der Waals surface area contributed by atoms with Crippen molar-refractivity contribution in [2.75, 3.05) is 39.8 Å². The van der Waals surface area contributed by atoms with Crippen LogP contribution in [-0.4, -0.2) is 66.5 Å². The molecule has 5 heteroatoms. The van der Waals surface area contributed by atoms with Gasteiger partial charge in [0.1, 0.15) is 0 Å². The molecule has 1 unspecified atom stereocenters. The van der Waals surface area contributed by atoms with Crippen LogP contribution >= 0.6 is 0 Å². The van der Waals surface area contributed by atoms with E-state index in [-0.39, 0.29) is 5.91 Å². The Labute approximate surface area is 195 Å². The van der Waals surface area contributed by atoms with Crippen molar-refractivity contribution in [2.45, 2.75) is 13.0 Å². The zero-order valence-corrected chi connectivity index (χ0v) is 19.3. The van der Waals surface area contributed by atoms with Gasteiger partial charge in [0.05, 0.1) is 16.8 Å².